The van der Waals surface area contributed by atoms with E-state index in [4.69, 9.17) is 10.7 Å². The van der Waals surface area contributed by atoms with Crippen molar-refractivity contribution in [3.63, 3.8) is 0 Å². The fraction of sp³-hybridized carbons (Fsp3) is 0.0400. The first-order valence-corrected chi connectivity index (χ1v) is 10.0. The van der Waals surface area contributed by atoms with Crippen molar-refractivity contribution in [2.24, 2.45) is 10.7 Å². The molecule has 150 valence electrons. The van der Waals surface area contributed by atoms with E-state index in [0.717, 1.165) is 39.6 Å². The quantitative estimate of drug-likeness (QED) is 0.429. The zero-order valence-electron chi connectivity index (χ0n) is 16.8. The first-order valence-electron chi connectivity index (χ1n) is 10.0. The molecule has 31 heavy (non-hydrogen) atoms. The Bertz CT molecular complexity index is 1420. The molecule has 0 radical (unpaired) electrons. The lowest BCUT2D eigenvalue weighted by Gasteiger charge is -2.09. The summed E-state index contributed by atoms with van der Waals surface area (Å²) in [4.78, 5) is 9.33. The molecule has 2 heterocycles. The second kappa shape index (κ2) is 8.20. The molecule has 0 bridgehead atoms. The van der Waals surface area contributed by atoms with E-state index in [1.807, 2.05) is 59.3 Å². The van der Waals surface area contributed by atoms with Gasteiger partial charge >= 0.3 is 0 Å². The average molecular weight is 404 g/mol. The molecule has 5 aromatic rings. The summed E-state index contributed by atoms with van der Waals surface area (Å²) in [5, 5.41) is 9.62. The van der Waals surface area contributed by atoms with Crippen LogP contribution < -0.4 is 5.73 Å². The van der Waals surface area contributed by atoms with Gasteiger partial charge in [0.05, 0.1) is 16.7 Å². The van der Waals surface area contributed by atoms with Crippen molar-refractivity contribution in [2.45, 2.75) is 6.42 Å². The molecular formula is C25H20N6. The Balaban J connectivity index is 1.63. The molecule has 6 nitrogen and oxygen atoms in total. The van der Waals surface area contributed by atoms with Crippen LogP contribution in [0.25, 0.3) is 27.6 Å². The van der Waals surface area contributed by atoms with Crippen LogP contribution in [0.15, 0.2) is 96.1 Å². The summed E-state index contributed by atoms with van der Waals surface area (Å²) in [5.74, 6) is 0.688. The molecule has 5 rings (SSSR count). The monoisotopic (exact) mass is 404 g/mol. The summed E-state index contributed by atoms with van der Waals surface area (Å²) in [5.41, 5.74) is 11.3. The second-order valence-corrected chi connectivity index (χ2v) is 7.16. The highest BCUT2D eigenvalue weighted by atomic mass is 15.4. The van der Waals surface area contributed by atoms with Crippen LogP contribution in [0.3, 0.4) is 0 Å². The van der Waals surface area contributed by atoms with E-state index in [-0.39, 0.29) is 0 Å². The van der Waals surface area contributed by atoms with Gasteiger partial charge in [0.25, 0.3) is 0 Å². The molecule has 3 aromatic carbocycles. The van der Waals surface area contributed by atoms with Gasteiger partial charge in [-0.3, -0.25) is 0 Å². The first-order chi connectivity index (χ1) is 15.3. The molecule has 0 unspecified atom stereocenters. The molecular weight excluding hydrogens is 384 g/mol. The highest BCUT2D eigenvalue weighted by Crippen LogP contribution is 2.27. The van der Waals surface area contributed by atoms with E-state index in [1.165, 1.54) is 11.8 Å². The van der Waals surface area contributed by atoms with Gasteiger partial charge in [-0.15, -0.1) is 5.10 Å². The molecule has 0 aliphatic rings. The molecule has 0 spiro atoms. The lowest BCUT2D eigenvalue weighted by molar-refractivity contribution is 0.825. The molecule has 0 fully saturated rings. The largest absolute Gasteiger partial charge is 0.405 e. The number of nitrogens with zero attached hydrogens (tertiary/aromatic N) is 5. The van der Waals surface area contributed by atoms with Crippen molar-refractivity contribution in [1.29, 1.82) is 0 Å². The Hall–Kier alpha value is -4.32. The van der Waals surface area contributed by atoms with Gasteiger partial charge < -0.3 is 5.73 Å². The molecule has 6 heteroatoms. The van der Waals surface area contributed by atoms with Crippen molar-refractivity contribution in [3.05, 3.63) is 102 Å². The number of para-hydroxylation sites is 1. The molecule has 0 atom stereocenters. The zero-order valence-corrected chi connectivity index (χ0v) is 16.8. The van der Waals surface area contributed by atoms with Crippen LogP contribution in [0.4, 0.5) is 5.82 Å². The third-order valence-electron chi connectivity index (χ3n) is 5.08. The highest BCUT2D eigenvalue weighted by molar-refractivity contribution is 5.85. The summed E-state index contributed by atoms with van der Waals surface area (Å²) in [6.45, 7) is 0. The van der Waals surface area contributed by atoms with E-state index >= 15 is 0 Å². The van der Waals surface area contributed by atoms with Gasteiger partial charge in [0.1, 0.15) is 5.52 Å². The topological polar surface area (TPSA) is 82.0 Å². The number of aromatic nitrogens is 4. The minimum Gasteiger partial charge on any atom is -0.405 e. The minimum absolute atomic E-state index is 0.688. The van der Waals surface area contributed by atoms with Crippen molar-refractivity contribution in [1.82, 2.24) is 20.0 Å². The maximum atomic E-state index is 5.44. The Morgan fingerprint density at radius 1 is 0.903 bits per heavy atom. The Morgan fingerprint density at radius 3 is 2.61 bits per heavy atom. The van der Waals surface area contributed by atoms with Crippen LogP contribution in [0.5, 0.6) is 0 Å². The van der Waals surface area contributed by atoms with E-state index in [2.05, 4.69) is 39.6 Å². The summed E-state index contributed by atoms with van der Waals surface area (Å²) in [6.07, 6.45) is 5.55. The smallest absolute Gasteiger partial charge is 0.156 e. The second-order valence-electron chi connectivity index (χ2n) is 7.16. The van der Waals surface area contributed by atoms with Crippen molar-refractivity contribution in [2.75, 3.05) is 0 Å². The lowest BCUT2D eigenvalue weighted by Crippen LogP contribution is -1.98. The molecule has 0 amide bonds. The van der Waals surface area contributed by atoms with Gasteiger partial charge in [0.15, 0.2) is 5.82 Å². The van der Waals surface area contributed by atoms with Gasteiger partial charge in [-0.05, 0) is 54.2 Å². The number of allylic oxidation sites excluding steroid dienone is 1. The Morgan fingerprint density at radius 2 is 1.74 bits per heavy atom. The predicted molar refractivity (Wildman–Crippen MR) is 125 cm³/mol. The average Bonchev–Trinajstić information content (AvgIpc) is 3.24. The number of benzene rings is 3. The number of fused-ring (bicyclic) bond motifs is 2. The third-order valence-corrected chi connectivity index (χ3v) is 5.08. The molecule has 0 aliphatic heterocycles. The maximum Gasteiger partial charge on any atom is 0.156 e. The van der Waals surface area contributed by atoms with Gasteiger partial charge in [-0.2, -0.15) is 0 Å². The highest BCUT2D eigenvalue weighted by Gasteiger charge is 2.10. The fourth-order valence-corrected chi connectivity index (χ4v) is 3.61. The Labute approximate surface area is 179 Å². The van der Waals surface area contributed by atoms with Crippen molar-refractivity contribution in [3.8, 4) is 5.69 Å². The van der Waals surface area contributed by atoms with Crippen LogP contribution >= 0.6 is 0 Å². The predicted octanol–water partition coefficient (Wildman–Crippen LogP) is 4.73. The van der Waals surface area contributed by atoms with Gasteiger partial charge in [-0.1, -0.05) is 47.7 Å². The summed E-state index contributed by atoms with van der Waals surface area (Å²) < 4.78 is 1.85. The molecule has 0 aliphatic carbocycles. The summed E-state index contributed by atoms with van der Waals surface area (Å²) in [7, 11) is 0. The molecule has 0 saturated carbocycles. The molecule has 2 aromatic heterocycles. The first kappa shape index (κ1) is 18.7. The lowest BCUT2D eigenvalue weighted by atomic mass is 10.0. The van der Waals surface area contributed by atoms with Crippen LogP contribution in [0, 0.1) is 0 Å². The number of nitrogens with two attached hydrogens (primary N) is 1. The van der Waals surface area contributed by atoms with Crippen molar-refractivity contribution >= 4 is 34.0 Å². The summed E-state index contributed by atoms with van der Waals surface area (Å²) >= 11 is 0. The standard InChI is InChI=1S/C25H20N6/c26-13-6-14-27-25-20(15-18-7-2-1-3-8-18)16-19-17-21(11-12-22(19)28-25)31-24-10-5-4-9-23(24)29-30-31/h1-14,16-17H,15,26H2. The van der Waals surface area contributed by atoms with Crippen molar-refractivity contribution < 1.29 is 0 Å². The van der Waals surface area contributed by atoms with Crippen LogP contribution in [-0.4, -0.2) is 26.2 Å². The maximum absolute atomic E-state index is 5.44. The normalized spacial score (nSPS) is 11.9. The number of pyridine rings is 1. The number of rotatable bonds is 5. The van der Waals surface area contributed by atoms with E-state index in [1.54, 1.807) is 12.3 Å². The summed E-state index contributed by atoms with van der Waals surface area (Å²) in [6, 6.07) is 26.5. The number of aliphatic imine (C=N–C) groups is 1. The third kappa shape index (κ3) is 3.79. The van der Waals surface area contributed by atoms with Gasteiger partial charge in [0, 0.05) is 23.6 Å². The van der Waals surface area contributed by atoms with E-state index in [9.17, 15) is 0 Å². The minimum atomic E-state index is 0.688. The van der Waals surface area contributed by atoms with Gasteiger partial charge in [-0.25, -0.2) is 14.7 Å². The van der Waals surface area contributed by atoms with Crippen LogP contribution in [0.2, 0.25) is 0 Å². The number of hydrogen-bond acceptors (Lipinski definition) is 5. The SMILES string of the molecule is NC=CC=Nc1nc2ccc(-n3nnc4ccccc43)cc2cc1Cc1ccccc1. The fourth-order valence-electron chi connectivity index (χ4n) is 3.61. The molecule has 2 N–H and O–H groups in total. The van der Waals surface area contributed by atoms with E-state index in [0.29, 0.717) is 5.82 Å². The van der Waals surface area contributed by atoms with Gasteiger partial charge in [0.2, 0.25) is 0 Å². The van der Waals surface area contributed by atoms with E-state index < -0.39 is 0 Å². The van der Waals surface area contributed by atoms with Crippen LogP contribution in [0.1, 0.15) is 11.1 Å². The van der Waals surface area contributed by atoms with Crippen LogP contribution in [-0.2, 0) is 6.42 Å². The Kier molecular flexibility index (Phi) is 4.94. The number of hydrogen-bond donors (Lipinski definition) is 1. The zero-order chi connectivity index (χ0) is 21.0. The molecule has 0 saturated heterocycles.